The van der Waals surface area contributed by atoms with E-state index in [1.54, 1.807) is 0 Å². The molecule has 0 aliphatic heterocycles. The van der Waals surface area contributed by atoms with Gasteiger partial charge in [-0.1, -0.05) is 15.9 Å². The van der Waals surface area contributed by atoms with Crippen LogP contribution in [0.25, 0.3) is 0 Å². The number of hydrogen-bond donors (Lipinski definition) is 1. The summed E-state index contributed by atoms with van der Waals surface area (Å²) >= 11 is 7.15. The number of benzene rings is 1. The van der Waals surface area contributed by atoms with Crippen molar-refractivity contribution in [3.8, 4) is 0 Å². The van der Waals surface area contributed by atoms with E-state index < -0.39 is 0 Å². The second-order valence-corrected chi connectivity index (χ2v) is 6.74. The van der Waals surface area contributed by atoms with E-state index in [1.165, 1.54) is 35.8 Å². The lowest BCUT2D eigenvalue weighted by atomic mass is 10.1. The summed E-state index contributed by atoms with van der Waals surface area (Å²) in [6.07, 6.45) is 5.67. The van der Waals surface area contributed by atoms with Gasteiger partial charge in [0, 0.05) is 20.7 Å². The quantitative estimate of drug-likeness (QED) is 0.826. The Morgan fingerprint density at radius 1 is 1.06 bits per heavy atom. The van der Waals surface area contributed by atoms with Crippen molar-refractivity contribution in [2.24, 2.45) is 11.8 Å². The third-order valence-corrected chi connectivity index (χ3v) is 4.70. The Morgan fingerprint density at radius 2 is 1.69 bits per heavy atom. The predicted molar refractivity (Wildman–Crippen MR) is 74.7 cm³/mol. The van der Waals surface area contributed by atoms with Gasteiger partial charge in [-0.25, -0.2) is 0 Å². The van der Waals surface area contributed by atoms with Gasteiger partial charge in [0.1, 0.15) is 0 Å². The second-order valence-electron chi connectivity index (χ2n) is 4.97. The minimum Gasteiger partial charge on any atom is -0.381 e. The summed E-state index contributed by atoms with van der Waals surface area (Å²) in [4.78, 5) is 0. The zero-order valence-corrected chi connectivity index (χ0v) is 12.2. The van der Waals surface area contributed by atoms with Gasteiger partial charge in [-0.15, -0.1) is 0 Å². The van der Waals surface area contributed by atoms with Crippen molar-refractivity contribution >= 4 is 37.5 Å². The maximum Gasteiger partial charge on any atom is 0.0498 e. The molecule has 1 aromatic carbocycles. The molecular formula is C13H15Br2N. The maximum atomic E-state index is 3.74. The van der Waals surface area contributed by atoms with Gasteiger partial charge in [0.05, 0.1) is 0 Å². The lowest BCUT2D eigenvalue weighted by Gasteiger charge is -2.20. The zero-order valence-electron chi connectivity index (χ0n) is 9.05. The van der Waals surface area contributed by atoms with Crippen molar-refractivity contribution in [1.29, 1.82) is 0 Å². The number of nitrogens with one attached hydrogen (secondary N) is 1. The zero-order chi connectivity index (χ0) is 11.1. The lowest BCUT2D eigenvalue weighted by Crippen LogP contribution is -2.24. The third-order valence-electron chi connectivity index (χ3n) is 3.51. The first-order valence-electron chi connectivity index (χ1n) is 5.95. The Labute approximate surface area is 113 Å². The molecule has 0 bridgehead atoms. The Kier molecular flexibility index (Phi) is 3.01. The van der Waals surface area contributed by atoms with Gasteiger partial charge in [0.15, 0.2) is 0 Å². The molecule has 0 saturated heterocycles. The van der Waals surface area contributed by atoms with Gasteiger partial charge in [-0.2, -0.15) is 0 Å². The summed E-state index contributed by atoms with van der Waals surface area (Å²) in [5, 5.41) is 3.74. The maximum absolute atomic E-state index is 3.74. The Hall–Kier alpha value is -0.0200. The fraction of sp³-hybridized carbons (Fsp3) is 0.538. The molecule has 2 aliphatic rings. The van der Waals surface area contributed by atoms with Gasteiger partial charge in [-0.05, 0) is 71.6 Å². The summed E-state index contributed by atoms with van der Waals surface area (Å²) in [5.74, 6) is 1.86. The highest BCUT2D eigenvalue weighted by Crippen LogP contribution is 2.46. The molecule has 2 aliphatic carbocycles. The molecule has 0 spiro atoms. The summed E-state index contributed by atoms with van der Waals surface area (Å²) in [6, 6.07) is 7.05. The van der Waals surface area contributed by atoms with Crippen LogP contribution in [0.5, 0.6) is 0 Å². The van der Waals surface area contributed by atoms with E-state index >= 15 is 0 Å². The van der Waals surface area contributed by atoms with E-state index in [0.717, 1.165) is 16.3 Å². The van der Waals surface area contributed by atoms with Crippen molar-refractivity contribution in [3.05, 3.63) is 27.1 Å². The molecule has 1 aromatic rings. The molecule has 0 radical (unpaired) electrons. The molecule has 1 nitrogen and oxygen atoms in total. The largest absolute Gasteiger partial charge is 0.381 e. The molecule has 0 heterocycles. The van der Waals surface area contributed by atoms with Crippen LogP contribution in [-0.4, -0.2) is 6.04 Å². The molecule has 0 unspecified atom stereocenters. The minimum atomic E-state index is 0.714. The number of hydrogen-bond acceptors (Lipinski definition) is 1. The average Bonchev–Trinajstić information content (AvgIpc) is 3.13. The highest BCUT2D eigenvalue weighted by Gasteiger charge is 2.41. The van der Waals surface area contributed by atoms with Crippen molar-refractivity contribution in [2.75, 3.05) is 5.32 Å². The third kappa shape index (κ3) is 2.45. The number of rotatable bonds is 4. The molecule has 86 valence electrons. The number of halogens is 2. The molecule has 0 atom stereocenters. The molecule has 2 fully saturated rings. The van der Waals surface area contributed by atoms with Crippen LogP contribution in [0, 0.1) is 11.8 Å². The van der Waals surface area contributed by atoms with E-state index in [9.17, 15) is 0 Å². The van der Waals surface area contributed by atoms with E-state index in [4.69, 9.17) is 0 Å². The lowest BCUT2D eigenvalue weighted by molar-refractivity contribution is 0.567. The van der Waals surface area contributed by atoms with Crippen LogP contribution in [0.3, 0.4) is 0 Å². The van der Waals surface area contributed by atoms with Crippen molar-refractivity contribution in [3.63, 3.8) is 0 Å². The molecule has 0 aromatic heterocycles. The standard InChI is InChI=1S/C13H15Br2N/c14-10-5-6-11(15)12(7-10)16-13(8-1-2-8)9-3-4-9/h5-9,13,16H,1-4H2. The van der Waals surface area contributed by atoms with Crippen LogP contribution in [0.15, 0.2) is 27.1 Å². The second kappa shape index (κ2) is 4.34. The molecule has 16 heavy (non-hydrogen) atoms. The minimum absolute atomic E-state index is 0.714. The topological polar surface area (TPSA) is 12.0 Å². The van der Waals surface area contributed by atoms with Gasteiger partial charge in [0.25, 0.3) is 0 Å². The van der Waals surface area contributed by atoms with Crippen LogP contribution in [0.2, 0.25) is 0 Å². The molecular weight excluding hydrogens is 330 g/mol. The average molecular weight is 345 g/mol. The highest BCUT2D eigenvalue weighted by molar-refractivity contribution is 9.11. The van der Waals surface area contributed by atoms with E-state index in [1.807, 2.05) is 0 Å². The summed E-state index contributed by atoms with van der Waals surface area (Å²) < 4.78 is 2.31. The predicted octanol–water partition coefficient (Wildman–Crippen LogP) is 4.81. The van der Waals surface area contributed by atoms with E-state index in [2.05, 4.69) is 55.4 Å². The van der Waals surface area contributed by atoms with Crippen molar-refractivity contribution in [2.45, 2.75) is 31.7 Å². The molecule has 2 saturated carbocycles. The first kappa shape index (κ1) is 11.1. The summed E-state index contributed by atoms with van der Waals surface area (Å²) in [6.45, 7) is 0. The molecule has 1 N–H and O–H groups in total. The monoisotopic (exact) mass is 343 g/mol. The van der Waals surface area contributed by atoms with Gasteiger partial charge >= 0.3 is 0 Å². The fourth-order valence-electron chi connectivity index (χ4n) is 2.32. The first-order chi connectivity index (χ1) is 7.74. The normalized spacial score (nSPS) is 20.2. The van der Waals surface area contributed by atoms with Gasteiger partial charge < -0.3 is 5.32 Å². The fourth-order valence-corrected chi connectivity index (χ4v) is 3.04. The first-order valence-corrected chi connectivity index (χ1v) is 7.54. The SMILES string of the molecule is Brc1ccc(Br)c(NC(C2CC2)C2CC2)c1. The van der Waals surface area contributed by atoms with E-state index in [-0.39, 0.29) is 0 Å². The summed E-state index contributed by atoms with van der Waals surface area (Å²) in [7, 11) is 0. The van der Waals surface area contributed by atoms with Gasteiger partial charge in [-0.3, -0.25) is 0 Å². The van der Waals surface area contributed by atoms with E-state index in [0.29, 0.717) is 6.04 Å². The Morgan fingerprint density at radius 3 is 2.25 bits per heavy atom. The van der Waals surface area contributed by atoms with Crippen LogP contribution in [-0.2, 0) is 0 Å². The molecule has 3 heteroatoms. The van der Waals surface area contributed by atoms with Gasteiger partial charge in [0.2, 0.25) is 0 Å². The van der Waals surface area contributed by atoms with Crippen LogP contribution >= 0.6 is 31.9 Å². The van der Waals surface area contributed by atoms with Crippen LogP contribution < -0.4 is 5.32 Å². The van der Waals surface area contributed by atoms with Crippen molar-refractivity contribution in [1.82, 2.24) is 0 Å². The van der Waals surface area contributed by atoms with Crippen LogP contribution in [0.1, 0.15) is 25.7 Å². The Bertz CT molecular complexity index is 385. The highest BCUT2D eigenvalue weighted by atomic mass is 79.9. The van der Waals surface area contributed by atoms with Crippen molar-refractivity contribution < 1.29 is 0 Å². The molecule has 3 rings (SSSR count). The number of anilines is 1. The molecule has 0 amide bonds. The summed E-state index contributed by atoms with van der Waals surface area (Å²) in [5.41, 5.74) is 1.23. The Balaban J connectivity index is 1.78. The van der Waals surface area contributed by atoms with Crippen LogP contribution in [0.4, 0.5) is 5.69 Å². The smallest absolute Gasteiger partial charge is 0.0498 e.